The number of halogens is 3. The van der Waals surface area contributed by atoms with Crippen molar-refractivity contribution in [3.63, 3.8) is 0 Å². The minimum atomic E-state index is -4.39. The number of piperidine rings is 1. The first-order valence-electron chi connectivity index (χ1n) is 10.0. The summed E-state index contributed by atoms with van der Waals surface area (Å²) in [4.78, 5) is 20.0. The summed E-state index contributed by atoms with van der Waals surface area (Å²) in [5.41, 5.74) is 2.71. The monoisotopic (exact) mass is 434 g/mol. The minimum Gasteiger partial charge on any atom is -0.366 e. The first kappa shape index (κ1) is 22.4. The zero-order valence-corrected chi connectivity index (χ0v) is 17.9. The second-order valence-corrected chi connectivity index (χ2v) is 8.45. The van der Waals surface area contributed by atoms with E-state index in [-0.39, 0.29) is 11.7 Å². The molecule has 3 rings (SSSR count). The van der Waals surface area contributed by atoms with Crippen LogP contribution in [0.1, 0.15) is 52.1 Å². The summed E-state index contributed by atoms with van der Waals surface area (Å²) in [5.74, 6) is 0.113. The van der Waals surface area contributed by atoms with Crippen LogP contribution in [0.5, 0.6) is 0 Å². The van der Waals surface area contributed by atoms with E-state index in [0.29, 0.717) is 18.4 Å². The minimum absolute atomic E-state index is 0.107. The number of likely N-dealkylation sites (tertiary alicyclic amines) is 1. The van der Waals surface area contributed by atoms with E-state index in [2.05, 4.69) is 16.0 Å². The molecule has 1 fully saturated rings. The molecule has 0 radical (unpaired) electrons. The SMILES string of the molecule is Cc1cc(C)nc(CC(=S)N2CCC(CC(=O)c3ccc(C(F)(F)F)cc3)CC2)c1. The highest BCUT2D eigenvalue weighted by molar-refractivity contribution is 7.80. The number of nitrogens with zero attached hydrogens (tertiary/aromatic N) is 2. The van der Waals surface area contributed by atoms with Crippen LogP contribution in [0.25, 0.3) is 0 Å². The van der Waals surface area contributed by atoms with Gasteiger partial charge in [0.2, 0.25) is 0 Å². The standard InChI is InChI=1S/C23H25F3N2OS/c1-15-11-16(2)27-20(12-15)14-22(30)28-9-7-17(8-10-28)13-21(29)18-3-5-19(6-4-18)23(24,25)26/h3-6,11-12,17H,7-10,13-14H2,1-2H3. The van der Waals surface area contributed by atoms with Gasteiger partial charge in [-0.15, -0.1) is 0 Å². The van der Waals surface area contributed by atoms with Gasteiger partial charge in [0.05, 0.1) is 10.6 Å². The Bertz CT molecular complexity index is 897. The third-order valence-corrected chi connectivity index (χ3v) is 5.86. The quantitative estimate of drug-likeness (QED) is 0.455. The van der Waals surface area contributed by atoms with Crippen molar-refractivity contribution in [1.82, 2.24) is 9.88 Å². The molecule has 0 N–H and O–H groups in total. The summed E-state index contributed by atoms with van der Waals surface area (Å²) in [6, 6.07) is 8.56. The molecule has 0 aliphatic carbocycles. The van der Waals surface area contributed by atoms with Crippen LogP contribution in [0.15, 0.2) is 36.4 Å². The lowest BCUT2D eigenvalue weighted by atomic mass is 9.89. The molecule has 0 saturated carbocycles. The highest BCUT2D eigenvalue weighted by atomic mass is 32.1. The fourth-order valence-electron chi connectivity index (χ4n) is 3.89. The highest BCUT2D eigenvalue weighted by Crippen LogP contribution is 2.30. The fourth-order valence-corrected chi connectivity index (χ4v) is 4.22. The molecule has 1 aromatic carbocycles. The number of benzene rings is 1. The Hall–Kier alpha value is -2.28. The van der Waals surface area contributed by atoms with Gasteiger partial charge in [-0.1, -0.05) is 24.4 Å². The zero-order valence-electron chi connectivity index (χ0n) is 17.1. The van der Waals surface area contributed by atoms with E-state index in [9.17, 15) is 18.0 Å². The Morgan fingerprint density at radius 3 is 2.33 bits per heavy atom. The number of Topliss-reactive ketones (excluding diaryl/α,β-unsaturated/α-hetero) is 1. The van der Waals surface area contributed by atoms with Crippen LogP contribution in [0.4, 0.5) is 13.2 Å². The van der Waals surface area contributed by atoms with Gasteiger partial charge in [-0.25, -0.2) is 0 Å². The van der Waals surface area contributed by atoms with E-state index >= 15 is 0 Å². The molecule has 3 nitrogen and oxygen atoms in total. The van der Waals surface area contributed by atoms with Crippen LogP contribution in [0.3, 0.4) is 0 Å². The zero-order chi connectivity index (χ0) is 21.9. The van der Waals surface area contributed by atoms with Crippen molar-refractivity contribution in [1.29, 1.82) is 0 Å². The van der Waals surface area contributed by atoms with E-state index < -0.39 is 11.7 Å². The molecule has 0 bridgehead atoms. The molecule has 1 aromatic heterocycles. The molecule has 1 aliphatic rings. The van der Waals surface area contributed by atoms with Gasteiger partial charge in [-0.2, -0.15) is 13.2 Å². The normalized spacial score (nSPS) is 15.3. The van der Waals surface area contributed by atoms with E-state index in [1.165, 1.54) is 17.7 Å². The number of ketones is 1. The Morgan fingerprint density at radius 2 is 1.77 bits per heavy atom. The Kier molecular flexibility index (Phi) is 6.91. The smallest absolute Gasteiger partial charge is 0.366 e. The molecule has 0 spiro atoms. The van der Waals surface area contributed by atoms with E-state index in [1.54, 1.807) is 0 Å². The number of rotatable bonds is 5. The van der Waals surface area contributed by atoms with E-state index in [1.807, 2.05) is 19.9 Å². The fraction of sp³-hybridized carbons (Fsp3) is 0.435. The number of hydrogen-bond acceptors (Lipinski definition) is 3. The number of aryl methyl sites for hydroxylation is 2. The molecular weight excluding hydrogens is 409 g/mol. The van der Waals surface area contributed by atoms with Crippen molar-refractivity contribution in [2.24, 2.45) is 5.92 Å². The summed E-state index contributed by atoms with van der Waals surface area (Å²) >= 11 is 5.61. The number of hydrogen-bond donors (Lipinski definition) is 0. The molecular formula is C23H25F3N2OS. The largest absolute Gasteiger partial charge is 0.416 e. The Balaban J connectivity index is 1.50. The maximum Gasteiger partial charge on any atom is 0.416 e. The van der Waals surface area contributed by atoms with Gasteiger partial charge >= 0.3 is 6.18 Å². The average molecular weight is 435 g/mol. The second kappa shape index (κ2) is 9.25. The molecule has 1 aliphatic heterocycles. The van der Waals surface area contributed by atoms with Crippen molar-refractivity contribution in [3.05, 3.63) is 64.5 Å². The summed E-state index contributed by atoms with van der Waals surface area (Å²) in [6.45, 7) is 5.59. The van der Waals surface area contributed by atoms with Crippen LogP contribution in [-0.4, -0.2) is 33.7 Å². The molecule has 1 saturated heterocycles. The van der Waals surface area contributed by atoms with Gasteiger partial charge in [-0.3, -0.25) is 9.78 Å². The van der Waals surface area contributed by atoms with Gasteiger partial charge in [-0.05, 0) is 62.4 Å². The van der Waals surface area contributed by atoms with Crippen molar-refractivity contribution in [2.75, 3.05) is 13.1 Å². The third kappa shape index (κ3) is 5.88. The first-order valence-corrected chi connectivity index (χ1v) is 10.4. The number of aromatic nitrogens is 1. The first-order chi connectivity index (χ1) is 14.1. The average Bonchev–Trinajstić information content (AvgIpc) is 2.67. The van der Waals surface area contributed by atoms with Crippen molar-refractivity contribution in [3.8, 4) is 0 Å². The van der Waals surface area contributed by atoms with Crippen LogP contribution < -0.4 is 0 Å². The second-order valence-electron chi connectivity index (χ2n) is 7.98. The Labute approximate surface area is 180 Å². The molecule has 2 heterocycles. The molecule has 7 heteroatoms. The topological polar surface area (TPSA) is 33.2 Å². The summed E-state index contributed by atoms with van der Waals surface area (Å²) < 4.78 is 38.0. The van der Waals surface area contributed by atoms with Crippen molar-refractivity contribution < 1.29 is 18.0 Å². The summed E-state index contributed by atoms with van der Waals surface area (Å²) in [7, 11) is 0. The number of alkyl halides is 3. The molecule has 2 aromatic rings. The van der Waals surface area contributed by atoms with Gasteiger partial charge in [0.15, 0.2) is 5.78 Å². The van der Waals surface area contributed by atoms with Gasteiger partial charge in [0, 0.05) is 42.9 Å². The van der Waals surface area contributed by atoms with Crippen LogP contribution >= 0.6 is 12.2 Å². The molecule has 0 unspecified atom stereocenters. The molecule has 160 valence electrons. The lowest BCUT2D eigenvalue weighted by Gasteiger charge is -2.33. The number of carbonyl (C=O) groups excluding carboxylic acids is 1. The van der Waals surface area contributed by atoms with E-state index in [0.717, 1.165) is 54.4 Å². The number of carbonyl (C=O) groups is 1. The lowest BCUT2D eigenvalue weighted by Crippen LogP contribution is -2.39. The van der Waals surface area contributed by atoms with Crippen LogP contribution in [-0.2, 0) is 12.6 Å². The van der Waals surface area contributed by atoms with Gasteiger partial charge < -0.3 is 4.90 Å². The van der Waals surface area contributed by atoms with Crippen molar-refractivity contribution >= 4 is 23.0 Å². The third-order valence-electron chi connectivity index (χ3n) is 5.46. The molecule has 0 atom stereocenters. The summed E-state index contributed by atoms with van der Waals surface area (Å²) in [6.07, 6.45) is -1.73. The van der Waals surface area contributed by atoms with Gasteiger partial charge in [0.1, 0.15) is 0 Å². The van der Waals surface area contributed by atoms with Gasteiger partial charge in [0.25, 0.3) is 0 Å². The maximum absolute atomic E-state index is 12.7. The highest BCUT2D eigenvalue weighted by Gasteiger charge is 2.30. The number of thiocarbonyl (C=S) groups is 1. The predicted molar refractivity (Wildman–Crippen MR) is 115 cm³/mol. The predicted octanol–water partition coefficient (Wildman–Crippen LogP) is 5.57. The maximum atomic E-state index is 12.7. The van der Waals surface area contributed by atoms with E-state index in [4.69, 9.17) is 12.2 Å². The number of pyridine rings is 1. The van der Waals surface area contributed by atoms with Crippen LogP contribution in [0.2, 0.25) is 0 Å². The lowest BCUT2D eigenvalue weighted by molar-refractivity contribution is -0.137. The Morgan fingerprint density at radius 1 is 1.13 bits per heavy atom. The summed E-state index contributed by atoms with van der Waals surface area (Å²) in [5, 5.41) is 0. The van der Waals surface area contributed by atoms with Crippen molar-refractivity contribution in [2.45, 2.75) is 45.7 Å². The molecule has 30 heavy (non-hydrogen) atoms. The molecule has 0 amide bonds. The van der Waals surface area contributed by atoms with Crippen LogP contribution in [0, 0.1) is 19.8 Å².